The third kappa shape index (κ3) is 7.23. The predicted molar refractivity (Wildman–Crippen MR) is 159 cm³/mol. The summed E-state index contributed by atoms with van der Waals surface area (Å²) in [6.07, 6.45) is 1.21. The molecule has 5 nitrogen and oxygen atoms in total. The third-order valence-electron chi connectivity index (χ3n) is 6.24. The molecule has 2 amide bonds. The molecular formula is C31H30Br2N2O3. The lowest BCUT2D eigenvalue weighted by molar-refractivity contribution is -0.142. The molecule has 0 aromatic heterocycles. The van der Waals surface area contributed by atoms with Gasteiger partial charge in [-0.2, -0.15) is 0 Å². The van der Waals surface area contributed by atoms with Crippen LogP contribution in [0.4, 0.5) is 0 Å². The maximum Gasteiger partial charge on any atom is 0.261 e. The monoisotopic (exact) mass is 636 g/mol. The molecule has 4 rings (SSSR count). The molecule has 1 N–H and O–H groups in total. The smallest absolute Gasteiger partial charge is 0.261 e. The zero-order valence-corrected chi connectivity index (χ0v) is 24.4. The molecule has 1 atom stereocenters. The first kappa shape index (κ1) is 27.9. The Hall–Kier alpha value is -3.16. The van der Waals surface area contributed by atoms with Gasteiger partial charge in [-0.1, -0.05) is 95.7 Å². The minimum Gasteiger partial charge on any atom is -0.483 e. The fourth-order valence-corrected chi connectivity index (χ4v) is 5.35. The van der Waals surface area contributed by atoms with Crippen LogP contribution in [0.25, 0.3) is 10.8 Å². The molecule has 7 heteroatoms. The normalized spacial score (nSPS) is 11.7. The molecule has 4 aromatic carbocycles. The van der Waals surface area contributed by atoms with Crippen molar-refractivity contribution in [3.63, 3.8) is 0 Å². The summed E-state index contributed by atoms with van der Waals surface area (Å²) in [5.74, 6) is 0.137. The largest absolute Gasteiger partial charge is 0.483 e. The van der Waals surface area contributed by atoms with Gasteiger partial charge in [-0.25, -0.2) is 0 Å². The molecule has 0 saturated carbocycles. The Labute approximate surface area is 240 Å². The average molecular weight is 638 g/mol. The van der Waals surface area contributed by atoms with Crippen molar-refractivity contribution in [2.45, 2.75) is 32.4 Å². The van der Waals surface area contributed by atoms with Gasteiger partial charge >= 0.3 is 0 Å². The van der Waals surface area contributed by atoms with Gasteiger partial charge in [0.25, 0.3) is 5.91 Å². The molecule has 0 fully saturated rings. The highest BCUT2D eigenvalue weighted by molar-refractivity contribution is 9.11. The van der Waals surface area contributed by atoms with Gasteiger partial charge < -0.3 is 15.0 Å². The second kappa shape index (κ2) is 13.6. The van der Waals surface area contributed by atoms with Crippen LogP contribution in [0.3, 0.4) is 0 Å². The predicted octanol–water partition coefficient (Wildman–Crippen LogP) is 6.91. The number of nitrogens with one attached hydrogen (secondary N) is 1. The van der Waals surface area contributed by atoms with Crippen molar-refractivity contribution < 1.29 is 14.3 Å². The third-order valence-corrected chi connectivity index (χ3v) is 7.55. The number of ether oxygens (including phenoxy) is 1. The number of amides is 2. The number of carbonyl (C=O) groups excluding carboxylic acids is 2. The van der Waals surface area contributed by atoms with E-state index in [4.69, 9.17) is 4.74 Å². The molecule has 0 aliphatic heterocycles. The zero-order chi connectivity index (χ0) is 26.9. The molecule has 0 aliphatic carbocycles. The van der Waals surface area contributed by atoms with Gasteiger partial charge in [0.2, 0.25) is 5.91 Å². The van der Waals surface area contributed by atoms with Crippen LogP contribution in [0.1, 0.15) is 24.5 Å². The highest BCUT2D eigenvalue weighted by Crippen LogP contribution is 2.33. The minimum absolute atomic E-state index is 0.175. The lowest BCUT2D eigenvalue weighted by atomic mass is 10.0. The molecule has 0 bridgehead atoms. The van der Waals surface area contributed by atoms with Gasteiger partial charge in [-0.3, -0.25) is 9.59 Å². The average Bonchev–Trinajstić information content (AvgIpc) is 2.94. The van der Waals surface area contributed by atoms with Gasteiger partial charge in [0.05, 0.1) is 4.47 Å². The van der Waals surface area contributed by atoms with Crippen LogP contribution in [0.5, 0.6) is 5.75 Å². The van der Waals surface area contributed by atoms with E-state index >= 15 is 0 Å². The lowest BCUT2D eigenvalue weighted by Crippen LogP contribution is -2.51. The van der Waals surface area contributed by atoms with E-state index in [9.17, 15) is 9.59 Å². The maximum absolute atomic E-state index is 13.8. The van der Waals surface area contributed by atoms with Gasteiger partial charge in [-0.05, 0) is 62.4 Å². The molecule has 0 radical (unpaired) electrons. The van der Waals surface area contributed by atoms with Crippen molar-refractivity contribution in [3.05, 3.63) is 111 Å². The fraction of sp³-hybridized carbons (Fsp3) is 0.226. The SMILES string of the molecule is CCCNC(=O)C(Cc1ccccc1)N(Cc1cccc(Br)c1)C(=O)COc1ccc2ccccc2c1Br. The van der Waals surface area contributed by atoms with E-state index in [1.165, 1.54) is 0 Å². The molecule has 196 valence electrons. The first-order valence-corrected chi connectivity index (χ1v) is 14.2. The number of halogens is 2. The van der Waals surface area contributed by atoms with Gasteiger partial charge in [-0.15, -0.1) is 0 Å². The summed E-state index contributed by atoms with van der Waals surface area (Å²) in [7, 11) is 0. The Morgan fingerprint density at radius 3 is 2.39 bits per heavy atom. The first-order valence-electron chi connectivity index (χ1n) is 12.6. The Balaban J connectivity index is 1.63. The van der Waals surface area contributed by atoms with Crippen LogP contribution in [0, 0.1) is 0 Å². The van der Waals surface area contributed by atoms with E-state index in [-0.39, 0.29) is 25.0 Å². The zero-order valence-electron chi connectivity index (χ0n) is 21.2. The number of nitrogens with zero attached hydrogens (tertiary/aromatic N) is 1. The molecular weight excluding hydrogens is 608 g/mol. The van der Waals surface area contributed by atoms with Crippen LogP contribution in [-0.2, 0) is 22.6 Å². The van der Waals surface area contributed by atoms with E-state index in [2.05, 4.69) is 37.2 Å². The summed E-state index contributed by atoms with van der Waals surface area (Å²) in [5.41, 5.74) is 1.90. The second-order valence-corrected chi connectivity index (χ2v) is 10.7. The summed E-state index contributed by atoms with van der Waals surface area (Å²) in [4.78, 5) is 28.8. The number of hydrogen-bond acceptors (Lipinski definition) is 3. The van der Waals surface area contributed by atoms with Gasteiger partial charge in [0, 0.05) is 24.0 Å². The Kier molecular flexibility index (Phi) is 9.96. The molecule has 0 aliphatic rings. The van der Waals surface area contributed by atoms with Crippen LogP contribution < -0.4 is 10.1 Å². The molecule has 38 heavy (non-hydrogen) atoms. The van der Waals surface area contributed by atoms with E-state index in [0.717, 1.165) is 37.3 Å². The van der Waals surface area contributed by atoms with Crippen LogP contribution >= 0.6 is 31.9 Å². The summed E-state index contributed by atoms with van der Waals surface area (Å²) in [6.45, 7) is 2.63. The Morgan fingerprint density at radius 2 is 1.63 bits per heavy atom. The van der Waals surface area contributed by atoms with E-state index < -0.39 is 6.04 Å². The highest BCUT2D eigenvalue weighted by Gasteiger charge is 2.30. The Morgan fingerprint density at radius 1 is 0.895 bits per heavy atom. The van der Waals surface area contributed by atoms with Crippen molar-refractivity contribution >= 4 is 54.4 Å². The lowest BCUT2D eigenvalue weighted by Gasteiger charge is -2.31. The van der Waals surface area contributed by atoms with Gasteiger partial charge in [0.15, 0.2) is 6.61 Å². The fourth-order valence-electron chi connectivity index (χ4n) is 4.30. The van der Waals surface area contributed by atoms with Crippen molar-refractivity contribution in [2.24, 2.45) is 0 Å². The standard InChI is InChI=1S/C31H30Br2N2O3/c1-2-17-34-31(37)27(19-22-9-4-3-5-10-22)35(20-23-11-8-13-25(32)18-23)29(36)21-38-28-16-15-24-12-6-7-14-26(24)30(28)33/h3-16,18,27H,2,17,19-21H2,1H3,(H,34,37). The highest BCUT2D eigenvalue weighted by atomic mass is 79.9. The quantitative estimate of drug-likeness (QED) is 0.194. The summed E-state index contributed by atoms with van der Waals surface area (Å²) >= 11 is 7.16. The van der Waals surface area contributed by atoms with Crippen molar-refractivity contribution in [3.8, 4) is 5.75 Å². The van der Waals surface area contributed by atoms with E-state index in [1.54, 1.807) is 4.90 Å². The number of carbonyl (C=O) groups is 2. The van der Waals surface area contributed by atoms with E-state index in [1.807, 2.05) is 97.9 Å². The molecule has 0 saturated heterocycles. The number of hydrogen-bond donors (Lipinski definition) is 1. The molecule has 1 unspecified atom stereocenters. The number of fused-ring (bicyclic) bond motifs is 1. The van der Waals surface area contributed by atoms with Crippen LogP contribution in [0.15, 0.2) is 99.9 Å². The molecule has 4 aromatic rings. The molecule has 0 spiro atoms. The second-order valence-electron chi connectivity index (χ2n) is 9.04. The molecule has 0 heterocycles. The first-order chi connectivity index (χ1) is 18.5. The van der Waals surface area contributed by atoms with E-state index in [0.29, 0.717) is 18.7 Å². The minimum atomic E-state index is -0.695. The number of rotatable bonds is 11. The maximum atomic E-state index is 13.8. The summed E-state index contributed by atoms with van der Waals surface area (Å²) < 4.78 is 7.74. The summed E-state index contributed by atoms with van der Waals surface area (Å²) in [5, 5.41) is 5.08. The van der Waals surface area contributed by atoms with Gasteiger partial charge in [0.1, 0.15) is 11.8 Å². The van der Waals surface area contributed by atoms with Crippen molar-refractivity contribution in [1.29, 1.82) is 0 Å². The van der Waals surface area contributed by atoms with Crippen LogP contribution in [0.2, 0.25) is 0 Å². The van der Waals surface area contributed by atoms with Crippen molar-refractivity contribution in [1.82, 2.24) is 10.2 Å². The number of benzene rings is 4. The Bertz CT molecular complexity index is 1390. The van der Waals surface area contributed by atoms with Crippen molar-refractivity contribution in [2.75, 3.05) is 13.2 Å². The summed E-state index contributed by atoms with van der Waals surface area (Å²) in [6, 6.07) is 28.7. The van der Waals surface area contributed by atoms with Crippen LogP contribution in [-0.4, -0.2) is 35.9 Å². The topological polar surface area (TPSA) is 58.6 Å².